The van der Waals surface area contributed by atoms with E-state index in [9.17, 15) is 9.90 Å². The van der Waals surface area contributed by atoms with Crippen LogP contribution in [0.2, 0.25) is 0 Å². The fourth-order valence-electron chi connectivity index (χ4n) is 2.79. The summed E-state index contributed by atoms with van der Waals surface area (Å²) in [6.07, 6.45) is 5.93. The van der Waals surface area contributed by atoms with Crippen molar-refractivity contribution < 1.29 is 39.5 Å². The first-order valence-electron chi connectivity index (χ1n) is 7.12. The van der Waals surface area contributed by atoms with Crippen molar-refractivity contribution in [2.75, 3.05) is 3.93 Å². The number of hydrogen-bond acceptors (Lipinski definition) is 4. The van der Waals surface area contributed by atoms with Crippen LogP contribution in [0.1, 0.15) is 23.2 Å². The maximum absolute atomic E-state index is 11.1. The second-order valence-corrected chi connectivity index (χ2v) is 6.35. The first kappa shape index (κ1) is 16.7. The average molecular weight is 379 g/mol. The number of halogens is 1. The van der Waals surface area contributed by atoms with Crippen LogP contribution in [0, 0.1) is 0 Å². The Bertz CT molecular complexity index is 912. The van der Waals surface area contributed by atoms with Crippen LogP contribution < -0.4 is 38.6 Å². The Morgan fingerprint density at radius 2 is 1.96 bits per heavy atom. The minimum atomic E-state index is -1.16. The van der Waals surface area contributed by atoms with Crippen molar-refractivity contribution in [1.82, 2.24) is 4.98 Å². The Labute approximate surface area is 164 Å². The van der Waals surface area contributed by atoms with Gasteiger partial charge < -0.3 is 13.8 Å². The number of carbonyl (C=O) groups excluding carboxylic acids is 1. The number of rotatable bonds is 3. The fraction of sp³-hybridized carbons (Fsp3) is 0.176. The van der Waals surface area contributed by atoms with Crippen LogP contribution in [0.4, 0.5) is 5.69 Å². The summed E-state index contributed by atoms with van der Waals surface area (Å²) in [5.41, 5.74) is 1.23. The minimum Gasteiger partial charge on any atom is -0.545 e. The topological polar surface area (TPSA) is 56.3 Å². The van der Waals surface area contributed by atoms with E-state index in [2.05, 4.69) is 25.1 Å². The smallest absolute Gasteiger partial charge is 0.545 e. The van der Waals surface area contributed by atoms with E-state index in [1.54, 1.807) is 18.3 Å². The average Bonchev–Trinajstić information content (AvgIpc) is 3.37. The standard InChI is InChI=1S/C17H13BrN2O2.Na/c18-20(12-2-3-12)16-8-11-7-10(17(21)22)1-4-13(11)15-9-19-6-5-14(15)16;/h1,4-9,12H,2-3H2,(H,21,22);/q;+1/p-1. The van der Waals surface area contributed by atoms with Crippen molar-refractivity contribution in [1.29, 1.82) is 0 Å². The molecule has 0 radical (unpaired) electrons. The Morgan fingerprint density at radius 1 is 1.17 bits per heavy atom. The van der Waals surface area contributed by atoms with Crippen LogP contribution >= 0.6 is 16.1 Å². The molecule has 0 saturated heterocycles. The zero-order valence-corrected chi connectivity index (χ0v) is 16.2. The predicted octanol–water partition coefficient (Wildman–Crippen LogP) is 0.0342. The Balaban J connectivity index is 0.00000156. The van der Waals surface area contributed by atoms with E-state index >= 15 is 0 Å². The molecule has 0 unspecified atom stereocenters. The zero-order chi connectivity index (χ0) is 15.3. The van der Waals surface area contributed by atoms with Gasteiger partial charge in [0.2, 0.25) is 0 Å². The molecular formula is C17H12BrN2NaO2. The maximum Gasteiger partial charge on any atom is 1.00 e. The van der Waals surface area contributed by atoms with Gasteiger partial charge in [-0.3, -0.25) is 4.98 Å². The Kier molecular flexibility index (Phi) is 4.65. The third-order valence-corrected chi connectivity index (χ3v) is 5.03. The monoisotopic (exact) mass is 378 g/mol. The van der Waals surface area contributed by atoms with Gasteiger partial charge in [0.1, 0.15) is 0 Å². The van der Waals surface area contributed by atoms with E-state index in [1.165, 1.54) is 0 Å². The van der Waals surface area contributed by atoms with Gasteiger partial charge in [-0.05, 0) is 47.4 Å². The summed E-state index contributed by atoms with van der Waals surface area (Å²) in [5.74, 6) is -1.16. The first-order valence-corrected chi connectivity index (χ1v) is 7.83. The van der Waals surface area contributed by atoms with E-state index in [1.807, 2.05) is 24.4 Å². The second kappa shape index (κ2) is 6.40. The number of pyridine rings is 1. The molecule has 6 heteroatoms. The van der Waals surface area contributed by atoms with Crippen molar-refractivity contribution in [3.8, 4) is 0 Å². The molecule has 2 aromatic carbocycles. The quantitative estimate of drug-likeness (QED) is 0.366. The summed E-state index contributed by atoms with van der Waals surface area (Å²) in [7, 11) is 0. The molecule has 0 spiro atoms. The number of hydrogen-bond donors (Lipinski definition) is 0. The van der Waals surface area contributed by atoms with Gasteiger partial charge in [-0.1, -0.05) is 12.1 Å². The summed E-state index contributed by atoms with van der Waals surface area (Å²) < 4.78 is 2.10. The Hall–Kier alpha value is -1.14. The van der Waals surface area contributed by atoms with Crippen LogP contribution in [-0.4, -0.2) is 17.0 Å². The molecule has 1 aliphatic carbocycles. The summed E-state index contributed by atoms with van der Waals surface area (Å²) >= 11 is 3.65. The van der Waals surface area contributed by atoms with Crippen LogP contribution in [0.5, 0.6) is 0 Å². The number of anilines is 1. The predicted molar refractivity (Wildman–Crippen MR) is 88.0 cm³/mol. The molecule has 1 aromatic heterocycles. The number of carboxylic acids is 1. The molecule has 1 fully saturated rings. The molecule has 0 bridgehead atoms. The third-order valence-electron chi connectivity index (χ3n) is 4.06. The van der Waals surface area contributed by atoms with Crippen LogP contribution in [0.25, 0.3) is 21.5 Å². The minimum absolute atomic E-state index is 0. The molecule has 0 N–H and O–H groups in total. The number of aromatic nitrogens is 1. The molecular weight excluding hydrogens is 367 g/mol. The summed E-state index contributed by atoms with van der Waals surface area (Å²) in [4.78, 5) is 15.3. The molecule has 23 heavy (non-hydrogen) atoms. The van der Waals surface area contributed by atoms with Crippen molar-refractivity contribution in [2.24, 2.45) is 0 Å². The molecule has 4 rings (SSSR count). The van der Waals surface area contributed by atoms with Crippen molar-refractivity contribution in [2.45, 2.75) is 18.9 Å². The first-order chi connectivity index (χ1) is 10.6. The molecule has 1 heterocycles. The number of fused-ring (bicyclic) bond motifs is 3. The van der Waals surface area contributed by atoms with E-state index in [4.69, 9.17) is 0 Å². The van der Waals surface area contributed by atoms with Gasteiger partial charge in [0, 0.05) is 45.4 Å². The number of benzene rings is 2. The van der Waals surface area contributed by atoms with Gasteiger partial charge in [0.25, 0.3) is 0 Å². The van der Waals surface area contributed by atoms with Gasteiger partial charge in [-0.15, -0.1) is 0 Å². The summed E-state index contributed by atoms with van der Waals surface area (Å²) in [6, 6.07) is 9.58. The van der Waals surface area contributed by atoms with Crippen LogP contribution in [0.3, 0.4) is 0 Å². The van der Waals surface area contributed by atoms with Crippen molar-refractivity contribution >= 4 is 49.3 Å². The molecule has 0 aliphatic heterocycles. The van der Waals surface area contributed by atoms with Gasteiger partial charge >= 0.3 is 29.6 Å². The second-order valence-electron chi connectivity index (χ2n) is 5.58. The molecule has 1 aliphatic rings. The molecule has 3 aromatic rings. The maximum atomic E-state index is 11.1. The van der Waals surface area contributed by atoms with Gasteiger partial charge in [-0.25, -0.2) is 0 Å². The summed E-state index contributed by atoms with van der Waals surface area (Å²) in [5, 5.41) is 15.1. The third kappa shape index (κ3) is 2.98. The molecule has 1 saturated carbocycles. The molecule has 0 atom stereocenters. The van der Waals surface area contributed by atoms with Crippen LogP contribution in [0.15, 0.2) is 42.7 Å². The SMILES string of the molecule is O=C([O-])c1ccc2c(c1)cc(N(Br)C1CC1)c1ccncc12.[Na+]. The van der Waals surface area contributed by atoms with Gasteiger partial charge in [0.05, 0.1) is 11.7 Å². The Morgan fingerprint density at radius 3 is 2.65 bits per heavy atom. The van der Waals surface area contributed by atoms with Gasteiger partial charge in [0.15, 0.2) is 0 Å². The normalized spacial score (nSPS) is 13.8. The van der Waals surface area contributed by atoms with E-state index in [0.717, 1.165) is 40.1 Å². The molecule has 4 nitrogen and oxygen atoms in total. The number of aromatic carboxylic acids is 1. The van der Waals surface area contributed by atoms with Crippen molar-refractivity contribution in [3.63, 3.8) is 0 Å². The largest absolute Gasteiger partial charge is 1.00 e. The van der Waals surface area contributed by atoms with E-state index in [0.29, 0.717) is 6.04 Å². The number of carboxylic acid groups (broad SMARTS) is 1. The van der Waals surface area contributed by atoms with Crippen LogP contribution in [-0.2, 0) is 0 Å². The number of carbonyl (C=O) groups is 1. The summed E-state index contributed by atoms with van der Waals surface area (Å²) in [6.45, 7) is 0. The van der Waals surface area contributed by atoms with E-state index in [-0.39, 0.29) is 35.1 Å². The fourth-order valence-corrected chi connectivity index (χ4v) is 3.49. The molecule has 110 valence electrons. The van der Waals surface area contributed by atoms with Gasteiger partial charge in [-0.2, -0.15) is 0 Å². The van der Waals surface area contributed by atoms with Crippen molar-refractivity contribution in [3.05, 3.63) is 48.3 Å². The zero-order valence-electron chi connectivity index (χ0n) is 12.6. The number of nitrogens with zero attached hydrogens (tertiary/aromatic N) is 2. The van der Waals surface area contributed by atoms with E-state index < -0.39 is 5.97 Å². The molecule has 0 amide bonds.